The summed E-state index contributed by atoms with van der Waals surface area (Å²) in [4.78, 5) is 1.13. The Morgan fingerprint density at radius 1 is 1.39 bits per heavy atom. The van der Waals surface area contributed by atoms with Gasteiger partial charge in [-0.1, -0.05) is 23.7 Å². The molecule has 0 radical (unpaired) electrons. The Morgan fingerprint density at radius 3 is 2.83 bits per heavy atom. The SMILES string of the molecule is COc1cccc(CC(NN)c2ccc(Cl)s2)c1. The van der Waals surface area contributed by atoms with Gasteiger partial charge in [-0.25, -0.2) is 0 Å². The maximum atomic E-state index is 5.94. The molecule has 0 aliphatic carbocycles. The fraction of sp³-hybridized carbons (Fsp3) is 0.231. The highest BCUT2D eigenvalue weighted by Crippen LogP contribution is 2.29. The minimum Gasteiger partial charge on any atom is -0.497 e. The molecule has 18 heavy (non-hydrogen) atoms. The van der Waals surface area contributed by atoms with Gasteiger partial charge in [0.15, 0.2) is 0 Å². The molecular formula is C13H15ClN2OS. The zero-order chi connectivity index (χ0) is 13.0. The third kappa shape index (κ3) is 3.23. The molecule has 1 heterocycles. The van der Waals surface area contributed by atoms with Crippen LogP contribution in [-0.4, -0.2) is 7.11 Å². The Morgan fingerprint density at radius 2 is 2.22 bits per heavy atom. The zero-order valence-corrected chi connectivity index (χ0v) is 11.6. The summed E-state index contributed by atoms with van der Waals surface area (Å²) in [7, 11) is 1.66. The lowest BCUT2D eigenvalue weighted by Crippen LogP contribution is -2.28. The second-order valence-corrected chi connectivity index (χ2v) is 5.66. The van der Waals surface area contributed by atoms with Crippen molar-refractivity contribution in [2.45, 2.75) is 12.5 Å². The molecule has 1 aromatic carbocycles. The first-order valence-corrected chi connectivity index (χ1v) is 6.76. The number of hydrogen-bond acceptors (Lipinski definition) is 4. The van der Waals surface area contributed by atoms with Crippen molar-refractivity contribution >= 4 is 22.9 Å². The highest BCUT2D eigenvalue weighted by molar-refractivity contribution is 7.16. The minimum absolute atomic E-state index is 0.0645. The number of ether oxygens (including phenoxy) is 1. The third-order valence-corrected chi connectivity index (χ3v) is 4.06. The number of halogens is 1. The Labute approximate surface area is 116 Å². The molecular weight excluding hydrogens is 268 g/mol. The second kappa shape index (κ2) is 6.20. The van der Waals surface area contributed by atoms with E-state index in [-0.39, 0.29) is 6.04 Å². The largest absolute Gasteiger partial charge is 0.497 e. The van der Waals surface area contributed by atoms with Gasteiger partial charge in [-0.05, 0) is 36.2 Å². The molecule has 0 saturated heterocycles. The topological polar surface area (TPSA) is 47.3 Å². The quantitative estimate of drug-likeness (QED) is 0.654. The summed E-state index contributed by atoms with van der Waals surface area (Å²) >= 11 is 7.48. The minimum atomic E-state index is 0.0645. The first-order chi connectivity index (χ1) is 8.72. The maximum absolute atomic E-state index is 5.94. The molecule has 0 saturated carbocycles. The van der Waals surface area contributed by atoms with Gasteiger partial charge in [0.05, 0.1) is 17.5 Å². The molecule has 3 N–H and O–H groups in total. The number of nitrogens with two attached hydrogens (primary N) is 1. The van der Waals surface area contributed by atoms with E-state index in [9.17, 15) is 0 Å². The first-order valence-electron chi connectivity index (χ1n) is 5.57. The van der Waals surface area contributed by atoms with Crippen molar-refractivity contribution in [1.82, 2.24) is 5.43 Å². The summed E-state index contributed by atoms with van der Waals surface area (Å²) in [6, 6.07) is 11.9. The van der Waals surface area contributed by atoms with Crippen molar-refractivity contribution in [2.75, 3.05) is 7.11 Å². The van der Waals surface area contributed by atoms with Crippen LogP contribution in [0, 0.1) is 0 Å². The average molecular weight is 283 g/mol. The molecule has 1 unspecified atom stereocenters. The summed E-state index contributed by atoms with van der Waals surface area (Å²) in [5.74, 6) is 6.47. The normalized spacial score (nSPS) is 12.4. The van der Waals surface area contributed by atoms with E-state index < -0.39 is 0 Å². The molecule has 96 valence electrons. The van der Waals surface area contributed by atoms with Gasteiger partial charge >= 0.3 is 0 Å². The summed E-state index contributed by atoms with van der Waals surface area (Å²) in [6.07, 6.45) is 0.796. The molecule has 2 rings (SSSR count). The first kappa shape index (κ1) is 13.4. The molecule has 0 bridgehead atoms. The molecule has 1 aromatic heterocycles. The van der Waals surface area contributed by atoms with Crippen LogP contribution >= 0.6 is 22.9 Å². The molecule has 3 nitrogen and oxygen atoms in total. The molecule has 0 aliphatic rings. The average Bonchev–Trinajstić information content (AvgIpc) is 2.82. The molecule has 5 heteroatoms. The van der Waals surface area contributed by atoms with Crippen LogP contribution in [0.1, 0.15) is 16.5 Å². The van der Waals surface area contributed by atoms with Crippen molar-refractivity contribution in [3.05, 3.63) is 51.2 Å². The number of thiophene rings is 1. The van der Waals surface area contributed by atoms with Crippen molar-refractivity contribution < 1.29 is 4.74 Å². The fourth-order valence-electron chi connectivity index (χ4n) is 1.79. The van der Waals surface area contributed by atoms with E-state index in [4.69, 9.17) is 22.2 Å². The number of rotatable bonds is 5. The van der Waals surface area contributed by atoms with E-state index in [1.165, 1.54) is 5.56 Å². The predicted molar refractivity (Wildman–Crippen MR) is 76.1 cm³/mol. The van der Waals surface area contributed by atoms with Crippen LogP contribution < -0.4 is 16.0 Å². The maximum Gasteiger partial charge on any atom is 0.119 e. The highest BCUT2D eigenvalue weighted by atomic mass is 35.5. The van der Waals surface area contributed by atoms with Gasteiger partial charge in [0, 0.05) is 4.88 Å². The highest BCUT2D eigenvalue weighted by Gasteiger charge is 2.13. The zero-order valence-electron chi connectivity index (χ0n) is 10.0. The number of benzene rings is 1. The van der Waals surface area contributed by atoms with Gasteiger partial charge in [0.25, 0.3) is 0 Å². The van der Waals surface area contributed by atoms with Gasteiger partial charge in [-0.15, -0.1) is 11.3 Å². The smallest absolute Gasteiger partial charge is 0.119 e. The van der Waals surface area contributed by atoms with Crippen LogP contribution in [0.5, 0.6) is 5.75 Å². The van der Waals surface area contributed by atoms with Crippen molar-refractivity contribution in [3.63, 3.8) is 0 Å². The fourth-order valence-corrected chi connectivity index (χ4v) is 2.91. The number of nitrogens with one attached hydrogen (secondary N) is 1. The standard InChI is InChI=1S/C13H15ClN2OS/c1-17-10-4-2-3-9(7-10)8-11(16-15)12-5-6-13(14)18-12/h2-7,11,16H,8,15H2,1H3. The predicted octanol–water partition coefficient (Wildman–Crippen LogP) is 3.16. The van der Waals surface area contributed by atoms with Gasteiger partial charge < -0.3 is 4.74 Å². The molecule has 0 aliphatic heterocycles. The van der Waals surface area contributed by atoms with Gasteiger partial charge in [0.2, 0.25) is 0 Å². The molecule has 0 fully saturated rings. The molecule has 2 aromatic rings. The van der Waals surface area contributed by atoms with Crippen molar-refractivity contribution in [1.29, 1.82) is 0 Å². The van der Waals surface area contributed by atoms with Gasteiger partial charge in [0.1, 0.15) is 5.75 Å². The van der Waals surface area contributed by atoms with Crippen LogP contribution in [0.3, 0.4) is 0 Å². The summed E-state index contributed by atoms with van der Waals surface area (Å²) in [6.45, 7) is 0. The number of hydrazine groups is 1. The van der Waals surface area contributed by atoms with Crippen LogP contribution in [0.4, 0.5) is 0 Å². The van der Waals surface area contributed by atoms with Crippen LogP contribution in [0.15, 0.2) is 36.4 Å². The summed E-state index contributed by atoms with van der Waals surface area (Å²) in [5, 5.41) is 0. The molecule has 1 atom stereocenters. The van der Waals surface area contributed by atoms with Crippen molar-refractivity contribution in [2.24, 2.45) is 5.84 Å². The number of methoxy groups -OCH3 is 1. The second-order valence-electron chi connectivity index (χ2n) is 3.92. The van der Waals surface area contributed by atoms with Crippen molar-refractivity contribution in [3.8, 4) is 5.75 Å². The summed E-state index contributed by atoms with van der Waals surface area (Å²) < 4.78 is 5.98. The Hall–Kier alpha value is -1.07. The Kier molecular flexibility index (Phi) is 4.60. The van der Waals surface area contributed by atoms with E-state index >= 15 is 0 Å². The van der Waals surface area contributed by atoms with E-state index in [1.54, 1.807) is 18.4 Å². The monoisotopic (exact) mass is 282 g/mol. The Bertz CT molecular complexity index is 515. The van der Waals surface area contributed by atoms with Gasteiger partial charge in [-0.3, -0.25) is 11.3 Å². The lowest BCUT2D eigenvalue weighted by Gasteiger charge is -2.14. The van der Waals surface area contributed by atoms with E-state index in [0.29, 0.717) is 0 Å². The lowest BCUT2D eigenvalue weighted by atomic mass is 10.0. The number of hydrogen-bond donors (Lipinski definition) is 2. The third-order valence-electron chi connectivity index (χ3n) is 2.71. The lowest BCUT2D eigenvalue weighted by molar-refractivity contribution is 0.414. The van der Waals surface area contributed by atoms with E-state index in [0.717, 1.165) is 21.4 Å². The van der Waals surface area contributed by atoms with Gasteiger partial charge in [-0.2, -0.15) is 0 Å². The van der Waals surface area contributed by atoms with Crippen LogP contribution in [-0.2, 0) is 6.42 Å². The van der Waals surface area contributed by atoms with E-state index in [2.05, 4.69) is 11.5 Å². The van der Waals surface area contributed by atoms with Crippen LogP contribution in [0.25, 0.3) is 0 Å². The Balaban J connectivity index is 2.14. The van der Waals surface area contributed by atoms with E-state index in [1.807, 2.05) is 30.3 Å². The molecule has 0 spiro atoms. The van der Waals surface area contributed by atoms with Crippen LogP contribution in [0.2, 0.25) is 4.34 Å². The molecule has 0 amide bonds. The summed E-state index contributed by atoms with van der Waals surface area (Å²) in [5.41, 5.74) is 4.00.